The normalized spacial score (nSPS) is 17.8. The third kappa shape index (κ3) is 3.64. The highest BCUT2D eigenvalue weighted by Crippen LogP contribution is 2.22. The molecule has 0 aliphatic carbocycles. The van der Waals surface area contributed by atoms with Crippen LogP contribution in [0.4, 0.5) is 0 Å². The Morgan fingerprint density at radius 2 is 1.88 bits per heavy atom. The Hall–Kier alpha value is -2.64. The van der Waals surface area contributed by atoms with E-state index in [1.807, 2.05) is 47.4 Å². The summed E-state index contributed by atoms with van der Waals surface area (Å²) in [5.74, 6) is 0.0708. The van der Waals surface area contributed by atoms with Gasteiger partial charge < -0.3 is 10.6 Å². The topological polar surface area (TPSA) is 70.1 Å². The van der Waals surface area contributed by atoms with E-state index in [4.69, 9.17) is 11.0 Å². The van der Waals surface area contributed by atoms with Gasteiger partial charge in [0.2, 0.25) is 0 Å². The molecule has 0 spiro atoms. The zero-order chi connectivity index (χ0) is 16.9. The third-order valence-corrected chi connectivity index (χ3v) is 4.52. The minimum Gasteiger partial charge on any atom is -0.339 e. The molecule has 1 aliphatic rings. The van der Waals surface area contributed by atoms with Gasteiger partial charge in [0, 0.05) is 24.7 Å². The first-order valence-corrected chi connectivity index (χ1v) is 8.33. The number of nitrogens with zero attached hydrogens (tertiary/aromatic N) is 2. The van der Waals surface area contributed by atoms with Crippen molar-refractivity contribution in [2.45, 2.75) is 25.3 Å². The van der Waals surface area contributed by atoms with Crippen LogP contribution in [0.1, 0.15) is 35.2 Å². The number of amides is 1. The van der Waals surface area contributed by atoms with Crippen molar-refractivity contribution >= 4 is 5.91 Å². The molecule has 0 unspecified atom stereocenters. The van der Waals surface area contributed by atoms with E-state index in [9.17, 15) is 4.79 Å². The number of carbonyl (C=O) groups excluding carboxylic acids is 1. The molecule has 0 saturated carbocycles. The maximum atomic E-state index is 12.6. The summed E-state index contributed by atoms with van der Waals surface area (Å²) in [5.41, 5.74) is 9.30. The van der Waals surface area contributed by atoms with Gasteiger partial charge >= 0.3 is 0 Å². The van der Waals surface area contributed by atoms with Crippen LogP contribution in [0, 0.1) is 11.3 Å². The van der Waals surface area contributed by atoms with E-state index in [-0.39, 0.29) is 11.9 Å². The summed E-state index contributed by atoms with van der Waals surface area (Å²) in [6.45, 7) is 1.50. The molecule has 1 heterocycles. The number of nitrogens with two attached hydrogens (primary N) is 1. The van der Waals surface area contributed by atoms with Crippen molar-refractivity contribution in [3.05, 3.63) is 59.7 Å². The number of hydrogen-bond donors (Lipinski definition) is 1. The van der Waals surface area contributed by atoms with Crippen molar-refractivity contribution in [3.63, 3.8) is 0 Å². The van der Waals surface area contributed by atoms with Crippen LogP contribution >= 0.6 is 0 Å². The Morgan fingerprint density at radius 1 is 1.08 bits per heavy atom. The highest BCUT2D eigenvalue weighted by molar-refractivity contribution is 5.94. The second kappa shape index (κ2) is 7.29. The summed E-state index contributed by atoms with van der Waals surface area (Å²) in [5, 5.41) is 9.00. The van der Waals surface area contributed by atoms with Crippen molar-refractivity contribution in [1.82, 2.24) is 4.90 Å². The quantitative estimate of drug-likeness (QED) is 0.924. The minimum atomic E-state index is 0.0708. The molecule has 3 rings (SSSR count). The largest absolute Gasteiger partial charge is 0.339 e. The van der Waals surface area contributed by atoms with Crippen molar-refractivity contribution < 1.29 is 4.79 Å². The predicted octanol–water partition coefficient (Wildman–Crippen LogP) is 3.18. The van der Waals surface area contributed by atoms with Crippen LogP contribution in [0.5, 0.6) is 0 Å². The molecule has 2 N–H and O–H groups in total. The smallest absolute Gasteiger partial charge is 0.253 e. The molecule has 1 atom stereocenters. The number of likely N-dealkylation sites (tertiary alicyclic amines) is 1. The summed E-state index contributed by atoms with van der Waals surface area (Å²) in [4.78, 5) is 14.6. The van der Waals surface area contributed by atoms with Crippen molar-refractivity contribution in [2.24, 2.45) is 5.73 Å². The SMILES string of the molecule is N#Cc1cccc(-c2ccc(C(=O)N3CCC[C@@H](N)CC3)cc2)c1. The lowest BCUT2D eigenvalue weighted by molar-refractivity contribution is 0.0761. The molecule has 1 fully saturated rings. The fraction of sp³-hybridized carbons (Fsp3) is 0.300. The molecule has 0 radical (unpaired) electrons. The lowest BCUT2D eigenvalue weighted by atomic mass is 10.0. The molecule has 4 heteroatoms. The first-order chi connectivity index (χ1) is 11.7. The highest BCUT2D eigenvalue weighted by Gasteiger charge is 2.19. The van der Waals surface area contributed by atoms with Crippen molar-refractivity contribution in [1.29, 1.82) is 5.26 Å². The van der Waals surface area contributed by atoms with Crippen LogP contribution in [-0.2, 0) is 0 Å². The zero-order valence-electron chi connectivity index (χ0n) is 13.6. The fourth-order valence-electron chi connectivity index (χ4n) is 3.08. The average Bonchev–Trinajstić information content (AvgIpc) is 2.86. The number of benzene rings is 2. The maximum absolute atomic E-state index is 12.6. The van der Waals surface area contributed by atoms with Crippen LogP contribution in [0.2, 0.25) is 0 Å². The van der Waals surface area contributed by atoms with Gasteiger partial charge in [-0.15, -0.1) is 0 Å². The molecule has 0 bridgehead atoms. The fourth-order valence-corrected chi connectivity index (χ4v) is 3.08. The average molecular weight is 319 g/mol. The molecule has 2 aromatic carbocycles. The van der Waals surface area contributed by atoms with Crippen LogP contribution in [0.3, 0.4) is 0 Å². The lowest BCUT2D eigenvalue weighted by Crippen LogP contribution is -2.32. The zero-order valence-corrected chi connectivity index (χ0v) is 13.6. The van der Waals surface area contributed by atoms with Crippen LogP contribution in [0.15, 0.2) is 48.5 Å². The monoisotopic (exact) mass is 319 g/mol. The Morgan fingerprint density at radius 3 is 2.62 bits per heavy atom. The van der Waals surface area contributed by atoms with Gasteiger partial charge in [-0.3, -0.25) is 4.79 Å². The number of hydrogen-bond acceptors (Lipinski definition) is 3. The Labute approximate surface area is 142 Å². The summed E-state index contributed by atoms with van der Waals surface area (Å²) >= 11 is 0. The van der Waals surface area contributed by atoms with Gasteiger partial charge in [-0.2, -0.15) is 5.26 Å². The predicted molar refractivity (Wildman–Crippen MR) is 94.3 cm³/mol. The van der Waals surface area contributed by atoms with Gasteiger partial charge in [-0.05, 0) is 54.7 Å². The van der Waals surface area contributed by atoms with Gasteiger partial charge in [-0.1, -0.05) is 24.3 Å². The minimum absolute atomic E-state index is 0.0708. The first kappa shape index (κ1) is 16.2. The molecule has 1 aliphatic heterocycles. The van der Waals surface area contributed by atoms with Crippen LogP contribution < -0.4 is 5.73 Å². The second-order valence-electron chi connectivity index (χ2n) is 6.25. The van der Waals surface area contributed by atoms with E-state index >= 15 is 0 Å². The van der Waals surface area contributed by atoms with Crippen LogP contribution in [0.25, 0.3) is 11.1 Å². The van der Waals surface area contributed by atoms with E-state index in [0.29, 0.717) is 11.1 Å². The number of rotatable bonds is 2. The van der Waals surface area contributed by atoms with Gasteiger partial charge in [0.05, 0.1) is 11.6 Å². The molecule has 2 aromatic rings. The van der Waals surface area contributed by atoms with Gasteiger partial charge in [0.25, 0.3) is 5.91 Å². The number of nitriles is 1. The molecule has 1 saturated heterocycles. The molecule has 122 valence electrons. The molecular formula is C20H21N3O. The first-order valence-electron chi connectivity index (χ1n) is 8.33. The van der Waals surface area contributed by atoms with Crippen molar-refractivity contribution in [3.8, 4) is 17.2 Å². The van der Waals surface area contributed by atoms with Gasteiger partial charge in [0.15, 0.2) is 0 Å². The Bertz CT molecular complexity index is 761. The van der Waals surface area contributed by atoms with E-state index in [1.54, 1.807) is 6.07 Å². The Balaban J connectivity index is 1.76. The summed E-state index contributed by atoms with van der Waals surface area (Å²) in [6.07, 6.45) is 2.81. The van der Waals surface area contributed by atoms with Gasteiger partial charge in [0.1, 0.15) is 0 Å². The van der Waals surface area contributed by atoms with Crippen molar-refractivity contribution in [2.75, 3.05) is 13.1 Å². The Kier molecular flexibility index (Phi) is 4.93. The standard InChI is InChI=1S/C20H21N3O/c21-14-15-3-1-4-18(13-15)16-6-8-17(9-7-16)20(24)23-11-2-5-19(22)10-12-23/h1,3-4,6-9,13,19H,2,5,10-12,22H2/t19-/m1/s1. The molecule has 1 amide bonds. The van der Waals surface area contributed by atoms with E-state index < -0.39 is 0 Å². The maximum Gasteiger partial charge on any atom is 0.253 e. The van der Waals surface area contributed by atoms with Gasteiger partial charge in [-0.25, -0.2) is 0 Å². The van der Waals surface area contributed by atoms with E-state index in [0.717, 1.165) is 43.5 Å². The summed E-state index contributed by atoms with van der Waals surface area (Å²) in [7, 11) is 0. The number of carbonyl (C=O) groups is 1. The molecule has 24 heavy (non-hydrogen) atoms. The van der Waals surface area contributed by atoms with E-state index in [2.05, 4.69) is 6.07 Å². The lowest BCUT2D eigenvalue weighted by Gasteiger charge is -2.20. The summed E-state index contributed by atoms with van der Waals surface area (Å²) in [6, 6.07) is 17.4. The van der Waals surface area contributed by atoms with Crippen LogP contribution in [-0.4, -0.2) is 29.9 Å². The highest BCUT2D eigenvalue weighted by atomic mass is 16.2. The molecule has 4 nitrogen and oxygen atoms in total. The third-order valence-electron chi connectivity index (χ3n) is 4.52. The summed E-state index contributed by atoms with van der Waals surface area (Å²) < 4.78 is 0. The van der Waals surface area contributed by atoms with E-state index in [1.165, 1.54) is 0 Å². The second-order valence-corrected chi connectivity index (χ2v) is 6.25. The molecule has 0 aromatic heterocycles. The molecular weight excluding hydrogens is 298 g/mol.